The smallest absolute Gasteiger partial charge is 0.407 e. The molecule has 16 heavy (non-hydrogen) atoms. The summed E-state index contributed by atoms with van der Waals surface area (Å²) in [6.45, 7) is 2.08. The Morgan fingerprint density at radius 2 is 2.25 bits per heavy atom. The predicted molar refractivity (Wildman–Crippen MR) is 61.6 cm³/mol. The minimum atomic E-state index is -0.813. The van der Waals surface area contributed by atoms with E-state index in [1.807, 2.05) is 0 Å². The maximum atomic E-state index is 11.9. The average Bonchev–Trinajstić information content (AvgIpc) is 2.27. The normalized spacial score (nSPS) is 29.6. The third-order valence-electron chi connectivity index (χ3n) is 3.18. The van der Waals surface area contributed by atoms with Crippen molar-refractivity contribution in [1.82, 2.24) is 5.32 Å². The van der Waals surface area contributed by atoms with Crippen LogP contribution in [0.1, 0.15) is 32.6 Å². The number of ketones is 1. The molecule has 2 atom stereocenters. The second kappa shape index (κ2) is 5.53. The van der Waals surface area contributed by atoms with Gasteiger partial charge >= 0.3 is 6.09 Å². The molecular weight excluding hydrogens is 230 g/mol. The molecule has 1 aliphatic carbocycles. The van der Waals surface area contributed by atoms with E-state index in [2.05, 4.69) is 17.0 Å². The number of carbonyl (C=O) groups is 2. The van der Waals surface area contributed by atoms with Crippen molar-refractivity contribution in [3.8, 4) is 0 Å². The highest BCUT2D eigenvalue weighted by atomic mass is 35.5. The van der Waals surface area contributed by atoms with E-state index < -0.39 is 11.6 Å². The monoisotopic (exact) mass is 247 g/mol. The van der Waals surface area contributed by atoms with Crippen LogP contribution in [0.15, 0.2) is 0 Å². The number of Topliss-reactive ketones (excluding diaryl/α,β-unsaturated/α-hetero) is 1. The molecule has 0 bridgehead atoms. The number of alkyl halides is 1. The van der Waals surface area contributed by atoms with Gasteiger partial charge in [-0.1, -0.05) is 19.8 Å². The van der Waals surface area contributed by atoms with Crippen LogP contribution in [0.5, 0.6) is 0 Å². The first kappa shape index (κ1) is 13.3. The Morgan fingerprint density at radius 3 is 2.75 bits per heavy atom. The molecule has 92 valence electrons. The van der Waals surface area contributed by atoms with Gasteiger partial charge in [0.1, 0.15) is 5.54 Å². The van der Waals surface area contributed by atoms with Crippen molar-refractivity contribution in [3.05, 3.63) is 0 Å². The zero-order valence-corrected chi connectivity index (χ0v) is 10.5. The van der Waals surface area contributed by atoms with Gasteiger partial charge in [-0.05, 0) is 18.8 Å². The fourth-order valence-corrected chi connectivity index (χ4v) is 2.62. The number of methoxy groups -OCH3 is 1. The molecule has 0 aromatic carbocycles. The van der Waals surface area contributed by atoms with Crippen molar-refractivity contribution in [2.45, 2.75) is 38.1 Å². The van der Waals surface area contributed by atoms with Crippen LogP contribution < -0.4 is 5.32 Å². The van der Waals surface area contributed by atoms with Crippen molar-refractivity contribution in [3.63, 3.8) is 0 Å². The molecule has 1 fully saturated rings. The first-order valence-corrected chi connectivity index (χ1v) is 6.03. The highest BCUT2D eigenvalue weighted by Crippen LogP contribution is 2.33. The van der Waals surface area contributed by atoms with Gasteiger partial charge in [0.05, 0.1) is 13.0 Å². The van der Waals surface area contributed by atoms with Crippen LogP contribution in [0, 0.1) is 5.92 Å². The number of alkyl carbamates (subject to hydrolysis) is 1. The summed E-state index contributed by atoms with van der Waals surface area (Å²) in [6, 6.07) is 0. The molecular formula is C11H18ClNO3. The highest BCUT2D eigenvalue weighted by Gasteiger charge is 2.42. The number of ether oxygens (including phenoxy) is 1. The maximum absolute atomic E-state index is 11.9. The minimum Gasteiger partial charge on any atom is -0.453 e. The van der Waals surface area contributed by atoms with Crippen LogP contribution in [0.4, 0.5) is 4.79 Å². The van der Waals surface area contributed by atoms with Crippen LogP contribution >= 0.6 is 11.6 Å². The van der Waals surface area contributed by atoms with Crippen LogP contribution in [0.2, 0.25) is 0 Å². The van der Waals surface area contributed by atoms with E-state index in [0.717, 1.165) is 12.8 Å². The molecule has 1 amide bonds. The Kier molecular flexibility index (Phi) is 4.59. The molecule has 0 spiro atoms. The van der Waals surface area contributed by atoms with Gasteiger partial charge in [0.2, 0.25) is 0 Å². The largest absolute Gasteiger partial charge is 0.453 e. The summed E-state index contributed by atoms with van der Waals surface area (Å²) in [4.78, 5) is 23.2. The fraction of sp³-hybridized carbons (Fsp3) is 0.818. The number of nitrogens with one attached hydrogen (secondary N) is 1. The summed E-state index contributed by atoms with van der Waals surface area (Å²) < 4.78 is 4.56. The molecule has 1 saturated carbocycles. The maximum Gasteiger partial charge on any atom is 0.407 e. The van der Waals surface area contributed by atoms with Gasteiger partial charge < -0.3 is 10.1 Å². The van der Waals surface area contributed by atoms with Crippen molar-refractivity contribution in [1.29, 1.82) is 0 Å². The van der Waals surface area contributed by atoms with Gasteiger partial charge in [0, 0.05) is 0 Å². The van der Waals surface area contributed by atoms with Gasteiger partial charge in [-0.15, -0.1) is 11.6 Å². The first-order valence-electron chi connectivity index (χ1n) is 5.49. The lowest BCUT2D eigenvalue weighted by molar-refractivity contribution is -0.124. The van der Waals surface area contributed by atoms with Crippen molar-refractivity contribution >= 4 is 23.5 Å². The topological polar surface area (TPSA) is 55.4 Å². The van der Waals surface area contributed by atoms with Gasteiger partial charge in [0.15, 0.2) is 5.78 Å². The summed E-state index contributed by atoms with van der Waals surface area (Å²) in [5, 5.41) is 2.67. The molecule has 0 aromatic rings. The predicted octanol–water partition coefficient (Wildman–Crippen LogP) is 2.10. The van der Waals surface area contributed by atoms with Crippen molar-refractivity contribution in [2.24, 2.45) is 5.92 Å². The fourth-order valence-electron chi connectivity index (χ4n) is 2.36. The number of amides is 1. The minimum absolute atomic E-state index is 0.0727. The second-order valence-electron chi connectivity index (χ2n) is 4.46. The van der Waals surface area contributed by atoms with Crippen LogP contribution in [0.3, 0.4) is 0 Å². The molecule has 5 heteroatoms. The number of hydrogen-bond donors (Lipinski definition) is 1. The van der Waals surface area contributed by atoms with Crippen molar-refractivity contribution < 1.29 is 14.3 Å². The van der Waals surface area contributed by atoms with E-state index in [0.29, 0.717) is 18.8 Å². The van der Waals surface area contributed by atoms with E-state index in [1.165, 1.54) is 7.11 Å². The highest BCUT2D eigenvalue weighted by molar-refractivity contribution is 6.29. The van der Waals surface area contributed by atoms with Gasteiger partial charge in [-0.2, -0.15) is 0 Å². The molecule has 0 heterocycles. The summed E-state index contributed by atoms with van der Waals surface area (Å²) in [5.74, 6) is 0.223. The SMILES string of the molecule is COC(=O)NC1(C(=O)CCl)CCCC(C)C1. The molecule has 1 aliphatic rings. The summed E-state index contributed by atoms with van der Waals surface area (Å²) in [5.41, 5.74) is -0.813. The Balaban J connectivity index is 2.83. The molecule has 4 nitrogen and oxygen atoms in total. The summed E-state index contributed by atoms with van der Waals surface area (Å²) in [6.07, 6.45) is 2.74. The molecule has 2 unspecified atom stereocenters. The average molecular weight is 248 g/mol. The van der Waals surface area contributed by atoms with Gasteiger partial charge in [-0.3, -0.25) is 4.79 Å². The molecule has 0 radical (unpaired) electrons. The molecule has 0 saturated heterocycles. The number of carbonyl (C=O) groups excluding carboxylic acids is 2. The molecule has 1 rings (SSSR count). The molecule has 0 aliphatic heterocycles. The molecule has 0 aromatic heterocycles. The Morgan fingerprint density at radius 1 is 1.56 bits per heavy atom. The number of hydrogen-bond acceptors (Lipinski definition) is 3. The van der Waals surface area contributed by atoms with E-state index in [-0.39, 0.29) is 11.7 Å². The Labute approximate surface area is 101 Å². The number of rotatable bonds is 3. The Hall–Kier alpha value is -0.770. The third kappa shape index (κ3) is 2.88. The van der Waals surface area contributed by atoms with Crippen LogP contribution in [-0.2, 0) is 9.53 Å². The van der Waals surface area contributed by atoms with E-state index in [4.69, 9.17) is 11.6 Å². The lowest BCUT2D eigenvalue weighted by Crippen LogP contribution is -2.57. The summed E-state index contributed by atoms with van der Waals surface area (Å²) >= 11 is 5.61. The molecule has 1 N–H and O–H groups in total. The second-order valence-corrected chi connectivity index (χ2v) is 4.72. The quantitative estimate of drug-likeness (QED) is 0.777. The lowest BCUT2D eigenvalue weighted by atomic mass is 9.74. The van der Waals surface area contributed by atoms with E-state index >= 15 is 0 Å². The zero-order chi connectivity index (χ0) is 12.2. The zero-order valence-electron chi connectivity index (χ0n) is 9.72. The lowest BCUT2D eigenvalue weighted by Gasteiger charge is -2.38. The standard InChI is InChI=1S/C11H18ClNO3/c1-8-4-3-5-11(6-8,9(14)7-12)13-10(15)16-2/h8H,3-7H2,1-2H3,(H,13,15). The van der Waals surface area contributed by atoms with Crippen LogP contribution in [-0.4, -0.2) is 30.4 Å². The van der Waals surface area contributed by atoms with Gasteiger partial charge in [0.25, 0.3) is 0 Å². The van der Waals surface area contributed by atoms with Gasteiger partial charge in [-0.25, -0.2) is 4.79 Å². The van der Waals surface area contributed by atoms with Crippen molar-refractivity contribution in [2.75, 3.05) is 13.0 Å². The van der Waals surface area contributed by atoms with E-state index in [1.54, 1.807) is 0 Å². The van der Waals surface area contributed by atoms with E-state index in [9.17, 15) is 9.59 Å². The first-order chi connectivity index (χ1) is 7.54. The number of halogens is 1. The summed E-state index contributed by atoms with van der Waals surface area (Å²) in [7, 11) is 1.29. The Bertz CT molecular complexity index is 282. The van der Waals surface area contributed by atoms with Crippen LogP contribution in [0.25, 0.3) is 0 Å². The third-order valence-corrected chi connectivity index (χ3v) is 3.42.